The van der Waals surface area contributed by atoms with Gasteiger partial charge in [0.25, 0.3) is 0 Å². The van der Waals surface area contributed by atoms with Crippen LogP contribution in [0, 0.1) is 5.92 Å². The molecule has 1 fully saturated rings. The molecule has 1 rings (SSSR count). The van der Waals surface area contributed by atoms with Crippen molar-refractivity contribution in [1.29, 1.82) is 0 Å². The lowest BCUT2D eigenvalue weighted by Crippen LogP contribution is -2.49. The maximum Gasteiger partial charge on any atom is 0.136 e. The van der Waals surface area contributed by atoms with E-state index in [0.717, 1.165) is 6.42 Å². The van der Waals surface area contributed by atoms with Crippen molar-refractivity contribution in [2.24, 2.45) is 5.92 Å². The summed E-state index contributed by atoms with van der Waals surface area (Å²) in [4.78, 5) is 21.8. The zero-order valence-corrected chi connectivity index (χ0v) is 9.01. The lowest BCUT2D eigenvalue weighted by atomic mass is 9.79. The molecule has 1 unspecified atom stereocenters. The second-order valence-corrected chi connectivity index (χ2v) is 4.90. The van der Waals surface area contributed by atoms with E-state index in [2.05, 4.69) is 0 Å². The van der Waals surface area contributed by atoms with Gasteiger partial charge < -0.3 is 0 Å². The third kappa shape index (κ3) is 2.29. The summed E-state index contributed by atoms with van der Waals surface area (Å²) in [6.07, 6.45) is 0.718. The van der Waals surface area contributed by atoms with Crippen LogP contribution in [0.3, 0.4) is 0 Å². The van der Waals surface area contributed by atoms with Gasteiger partial charge in [-0.15, -0.1) is 0 Å². The second-order valence-electron chi connectivity index (χ2n) is 4.90. The number of carbonyl (C=O) groups excluding carboxylic acids is 1. The molecule has 0 amide bonds. The van der Waals surface area contributed by atoms with E-state index in [-0.39, 0.29) is 17.3 Å². The fraction of sp³-hybridized carbons (Fsp3) is 0.900. The molecule has 1 aliphatic rings. The minimum Gasteiger partial charge on any atom is -0.300 e. The lowest BCUT2D eigenvalue weighted by Gasteiger charge is -2.42. The summed E-state index contributed by atoms with van der Waals surface area (Å²) in [5, 5.41) is 0. The van der Waals surface area contributed by atoms with Gasteiger partial charge in [-0.2, -0.15) is 0 Å². The molecule has 1 saturated heterocycles. The van der Waals surface area contributed by atoms with Gasteiger partial charge in [0, 0.05) is 0 Å². The highest BCUT2D eigenvalue weighted by Crippen LogP contribution is 2.37. The Morgan fingerprint density at radius 2 is 1.77 bits per heavy atom. The molecule has 3 nitrogen and oxygen atoms in total. The van der Waals surface area contributed by atoms with E-state index >= 15 is 0 Å². The van der Waals surface area contributed by atoms with Crippen molar-refractivity contribution in [1.82, 2.24) is 0 Å². The number of rotatable bonds is 1. The summed E-state index contributed by atoms with van der Waals surface area (Å²) in [5.41, 5.74) is -0.854. The van der Waals surface area contributed by atoms with Crippen LogP contribution >= 0.6 is 0 Å². The highest BCUT2D eigenvalue weighted by atomic mass is 17.2. The van der Waals surface area contributed by atoms with Gasteiger partial charge in [0.05, 0.1) is 11.5 Å². The summed E-state index contributed by atoms with van der Waals surface area (Å²) in [6, 6.07) is 0. The van der Waals surface area contributed by atoms with Gasteiger partial charge in [-0.05, 0) is 41.0 Å². The van der Waals surface area contributed by atoms with Crippen LogP contribution in [-0.4, -0.2) is 17.0 Å². The van der Waals surface area contributed by atoms with E-state index in [1.165, 1.54) is 0 Å². The zero-order valence-electron chi connectivity index (χ0n) is 9.01. The monoisotopic (exact) mass is 186 g/mol. The normalized spacial score (nSPS) is 31.3. The van der Waals surface area contributed by atoms with Crippen LogP contribution in [0.4, 0.5) is 0 Å². The molecule has 0 aromatic carbocycles. The summed E-state index contributed by atoms with van der Waals surface area (Å²) < 4.78 is 0. The average Bonchev–Trinajstić information content (AvgIpc) is 1.95. The van der Waals surface area contributed by atoms with E-state index in [0.29, 0.717) is 0 Å². The zero-order chi connectivity index (χ0) is 10.3. The van der Waals surface area contributed by atoms with E-state index in [9.17, 15) is 4.79 Å². The SMILES string of the molecule is CC(=O)C1CC(C)(C)OOC1(C)C. The molecule has 0 N–H and O–H groups in total. The molecule has 1 heterocycles. The summed E-state index contributed by atoms with van der Waals surface area (Å²) in [7, 11) is 0. The number of carbonyl (C=O) groups is 1. The highest BCUT2D eigenvalue weighted by molar-refractivity contribution is 5.79. The summed E-state index contributed by atoms with van der Waals surface area (Å²) in [5.74, 6) is 0.0950. The van der Waals surface area contributed by atoms with Crippen LogP contribution < -0.4 is 0 Å². The maximum atomic E-state index is 11.4. The molecular weight excluding hydrogens is 168 g/mol. The largest absolute Gasteiger partial charge is 0.300 e. The van der Waals surface area contributed by atoms with Crippen molar-refractivity contribution >= 4 is 5.78 Å². The highest BCUT2D eigenvalue weighted by Gasteiger charge is 2.45. The Kier molecular flexibility index (Phi) is 2.52. The molecule has 76 valence electrons. The third-order valence-corrected chi connectivity index (χ3v) is 2.51. The van der Waals surface area contributed by atoms with Gasteiger partial charge in [0.15, 0.2) is 0 Å². The average molecular weight is 186 g/mol. The Labute approximate surface area is 79.3 Å². The van der Waals surface area contributed by atoms with Gasteiger partial charge in [-0.1, -0.05) is 0 Å². The van der Waals surface area contributed by atoms with E-state index in [1.807, 2.05) is 27.7 Å². The first-order valence-electron chi connectivity index (χ1n) is 4.62. The quantitative estimate of drug-likeness (QED) is 0.588. The van der Waals surface area contributed by atoms with Gasteiger partial charge >= 0.3 is 0 Å². The van der Waals surface area contributed by atoms with Crippen LogP contribution in [-0.2, 0) is 14.6 Å². The van der Waals surface area contributed by atoms with Crippen molar-refractivity contribution in [3.8, 4) is 0 Å². The predicted octanol–water partition coefficient (Wildman–Crippen LogP) is 2.10. The maximum absolute atomic E-state index is 11.4. The van der Waals surface area contributed by atoms with Crippen molar-refractivity contribution in [3.63, 3.8) is 0 Å². The van der Waals surface area contributed by atoms with Gasteiger partial charge in [-0.3, -0.25) is 4.79 Å². The van der Waals surface area contributed by atoms with Crippen LogP contribution in [0.5, 0.6) is 0 Å². The van der Waals surface area contributed by atoms with Crippen LogP contribution in [0.25, 0.3) is 0 Å². The number of hydrogen-bond donors (Lipinski definition) is 0. The molecule has 3 heteroatoms. The van der Waals surface area contributed by atoms with Crippen molar-refractivity contribution < 1.29 is 14.6 Å². The standard InChI is InChI=1S/C10H18O3/c1-7(11)8-6-9(2,3)12-13-10(8,4)5/h8H,6H2,1-5H3. The summed E-state index contributed by atoms with van der Waals surface area (Å²) in [6.45, 7) is 9.23. The molecular formula is C10H18O3. The Bertz CT molecular complexity index is 218. The van der Waals surface area contributed by atoms with Crippen LogP contribution in [0.2, 0.25) is 0 Å². The molecule has 0 aromatic rings. The fourth-order valence-electron chi connectivity index (χ4n) is 1.68. The van der Waals surface area contributed by atoms with Gasteiger partial charge in [-0.25, -0.2) is 9.78 Å². The molecule has 0 aliphatic carbocycles. The molecule has 0 radical (unpaired) electrons. The number of hydrogen-bond acceptors (Lipinski definition) is 3. The first kappa shape index (κ1) is 10.7. The molecule has 13 heavy (non-hydrogen) atoms. The number of ketones is 1. The smallest absolute Gasteiger partial charge is 0.136 e. The Morgan fingerprint density at radius 1 is 1.23 bits per heavy atom. The second kappa shape index (κ2) is 3.07. The predicted molar refractivity (Wildman–Crippen MR) is 49.1 cm³/mol. The molecule has 0 spiro atoms. The Morgan fingerprint density at radius 3 is 2.15 bits per heavy atom. The van der Waals surface area contributed by atoms with E-state index < -0.39 is 5.60 Å². The van der Waals surface area contributed by atoms with Crippen molar-refractivity contribution in [3.05, 3.63) is 0 Å². The Hall–Kier alpha value is -0.410. The van der Waals surface area contributed by atoms with Crippen molar-refractivity contribution in [2.75, 3.05) is 0 Å². The summed E-state index contributed by atoms with van der Waals surface area (Å²) >= 11 is 0. The number of Topliss-reactive ketones (excluding diaryl/α,β-unsaturated/α-hetero) is 1. The first-order valence-corrected chi connectivity index (χ1v) is 4.62. The topological polar surface area (TPSA) is 35.5 Å². The molecule has 0 aromatic heterocycles. The van der Waals surface area contributed by atoms with Gasteiger partial charge in [0.2, 0.25) is 0 Å². The molecule has 0 bridgehead atoms. The van der Waals surface area contributed by atoms with Gasteiger partial charge in [0.1, 0.15) is 11.4 Å². The fourth-order valence-corrected chi connectivity index (χ4v) is 1.68. The molecule has 0 saturated carbocycles. The first-order chi connectivity index (χ1) is 5.75. The Balaban J connectivity index is 2.82. The van der Waals surface area contributed by atoms with E-state index in [4.69, 9.17) is 9.78 Å². The lowest BCUT2D eigenvalue weighted by molar-refractivity contribution is -0.435. The molecule has 1 aliphatic heterocycles. The molecule has 1 atom stereocenters. The minimum atomic E-state index is -0.499. The van der Waals surface area contributed by atoms with Crippen molar-refractivity contribution in [2.45, 2.75) is 52.2 Å². The minimum absolute atomic E-state index is 0.0729. The third-order valence-electron chi connectivity index (χ3n) is 2.51. The van der Waals surface area contributed by atoms with Crippen LogP contribution in [0.1, 0.15) is 41.0 Å². The van der Waals surface area contributed by atoms with E-state index in [1.54, 1.807) is 6.92 Å². The van der Waals surface area contributed by atoms with Crippen LogP contribution in [0.15, 0.2) is 0 Å².